The van der Waals surface area contributed by atoms with Crippen molar-refractivity contribution in [3.05, 3.63) is 39.7 Å². The van der Waals surface area contributed by atoms with E-state index in [1.165, 1.54) is 6.07 Å². The SMILES string of the molecule is CCCc1cc(=O)oc2c(C)c(OCC(=O)NCCCC(=O)[O-])ccc12. The molecular formula is C19H22NO6-. The lowest BCUT2D eigenvalue weighted by molar-refractivity contribution is -0.305. The van der Waals surface area contributed by atoms with Crippen molar-refractivity contribution in [3.8, 4) is 5.75 Å². The van der Waals surface area contributed by atoms with Gasteiger partial charge in [0.1, 0.15) is 11.3 Å². The summed E-state index contributed by atoms with van der Waals surface area (Å²) in [7, 11) is 0. The van der Waals surface area contributed by atoms with E-state index in [1.807, 2.05) is 13.0 Å². The summed E-state index contributed by atoms with van der Waals surface area (Å²) in [4.78, 5) is 33.9. The highest BCUT2D eigenvalue weighted by atomic mass is 16.5. The Morgan fingerprint density at radius 1 is 1.31 bits per heavy atom. The summed E-state index contributed by atoms with van der Waals surface area (Å²) < 4.78 is 10.9. The zero-order valence-corrected chi connectivity index (χ0v) is 14.9. The van der Waals surface area contributed by atoms with Gasteiger partial charge in [-0.2, -0.15) is 0 Å². The van der Waals surface area contributed by atoms with Gasteiger partial charge in [0.25, 0.3) is 5.91 Å². The van der Waals surface area contributed by atoms with Crippen molar-refractivity contribution in [1.29, 1.82) is 0 Å². The van der Waals surface area contributed by atoms with Crippen molar-refractivity contribution >= 4 is 22.8 Å². The van der Waals surface area contributed by atoms with E-state index in [4.69, 9.17) is 9.15 Å². The molecule has 1 amide bonds. The predicted molar refractivity (Wildman–Crippen MR) is 94.0 cm³/mol. The Labute approximate surface area is 151 Å². The monoisotopic (exact) mass is 360 g/mol. The Balaban J connectivity index is 2.06. The first-order chi connectivity index (χ1) is 12.4. The molecule has 0 saturated heterocycles. The van der Waals surface area contributed by atoms with Gasteiger partial charge in [0.2, 0.25) is 0 Å². The van der Waals surface area contributed by atoms with Gasteiger partial charge in [-0.05, 0) is 43.9 Å². The number of hydrogen-bond donors (Lipinski definition) is 1. The molecule has 140 valence electrons. The number of hydrogen-bond acceptors (Lipinski definition) is 6. The van der Waals surface area contributed by atoms with Crippen LogP contribution in [0.3, 0.4) is 0 Å². The smallest absolute Gasteiger partial charge is 0.336 e. The van der Waals surface area contributed by atoms with Crippen LogP contribution in [-0.4, -0.2) is 25.0 Å². The van der Waals surface area contributed by atoms with Gasteiger partial charge in [-0.15, -0.1) is 0 Å². The van der Waals surface area contributed by atoms with Gasteiger partial charge in [-0.1, -0.05) is 13.3 Å². The number of aliphatic carboxylic acids is 1. The van der Waals surface area contributed by atoms with Crippen molar-refractivity contribution < 1.29 is 23.8 Å². The number of aryl methyl sites for hydroxylation is 2. The van der Waals surface area contributed by atoms with Crippen LogP contribution in [0.5, 0.6) is 5.75 Å². The molecule has 0 unspecified atom stereocenters. The van der Waals surface area contributed by atoms with Crippen molar-refractivity contribution in [2.45, 2.75) is 39.5 Å². The average molecular weight is 360 g/mol. The number of rotatable bonds is 9. The van der Waals surface area contributed by atoms with Crippen molar-refractivity contribution in [1.82, 2.24) is 5.32 Å². The molecular weight excluding hydrogens is 338 g/mol. The molecule has 0 spiro atoms. The van der Waals surface area contributed by atoms with Crippen molar-refractivity contribution in [2.75, 3.05) is 13.2 Å². The normalized spacial score (nSPS) is 10.7. The summed E-state index contributed by atoms with van der Waals surface area (Å²) in [5.41, 5.74) is 1.64. The summed E-state index contributed by atoms with van der Waals surface area (Å²) in [6.45, 7) is 3.84. The zero-order valence-electron chi connectivity index (χ0n) is 14.9. The lowest BCUT2D eigenvalue weighted by atomic mass is 10.0. The van der Waals surface area contributed by atoms with Gasteiger partial charge >= 0.3 is 5.63 Å². The number of carbonyl (C=O) groups is 2. The third-order valence-corrected chi connectivity index (χ3v) is 3.95. The molecule has 0 saturated carbocycles. The molecule has 0 aliphatic carbocycles. The number of benzene rings is 1. The standard InChI is InChI=1S/C19H23NO6/c1-3-5-13-10-18(24)26-19-12(2)15(8-7-14(13)19)25-11-16(21)20-9-4-6-17(22)23/h7-8,10H,3-6,9,11H2,1-2H3,(H,20,21)(H,22,23)/p-1. The molecule has 2 rings (SSSR count). The maximum atomic E-state index is 11.8. The van der Waals surface area contributed by atoms with E-state index in [0.717, 1.165) is 23.8 Å². The molecule has 1 aromatic heterocycles. The highest BCUT2D eigenvalue weighted by molar-refractivity contribution is 5.85. The van der Waals surface area contributed by atoms with E-state index in [1.54, 1.807) is 13.0 Å². The van der Waals surface area contributed by atoms with Crippen LogP contribution in [0, 0.1) is 6.92 Å². The van der Waals surface area contributed by atoms with Crippen LogP contribution in [0.4, 0.5) is 0 Å². The fraction of sp³-hybridized carbons (Fsp3) is 0.421. The summed E-state index contributed by atoms with van der Waals surface area (Å²) in [6, 6.07) is 5.08. The summed E-state index contributed by atoms with van der Waals surface area (Å²) in [6.07, 6.45) is 1.88. The number of ether oxygens (including phenoxy) is 1. The summed E-state index contributed by atoms with van der Waals surface area (Å²) in [5.74, 6) is -1.05. The van der Waals surface area contributed by atoms with E-state index < -0.39 is 11.6 Å². The quantitative estimate of drug-likeness (QED) is 0.529. The average Bonchev–Trinajstić information content (AvgIpc) is 2.59. The Morgan fingerprint density at radius 2 is 2.08 bits per heavy atom. The van der Waals surface area contributed by atoms with Crippen molar-refractivity contribution in [2.24, 2.45) is 0 Å². The number of carbonyl (C=O) groups excluding carboxylic acids is 2. The van der Waals surface area contributed by atoms with Gasteiger partial charge in [-0.3, -0.25) is 4.79 Å². The fourth-order valence-electron chi connectivity index (χ4n) is 2.70. The van der Waals surface area contributed by atoms with E-state index in [2.05, 4.69) is 5.32 Å². The van der Waals surface area contributed by atoms with E-state index >= 15 is 0 Å². The lowest BCUT2D eigenvalue weighted by Gasteiger charge is -2.12. The third-order valence-electron chi connectivity index (χ3n) is 3.95. The third kappa shape index (κ3) is 5.08. The molecule has 0 aliphatic heterocycles. The van der Waals surface area contributed by atoms with Crippen LogP contribution in [0.15, 0.2) is 27.4 Å². The van der Waals surface area contributed by atoms with Gasteiger partial charge in [0.15, 0.2) is 6.61 Å². The van der Waals surface area contributed by atoms with Crippen LogP contribution in [0.1, 0.15) is 37.3 Å². The molecule has 0 bridgehead atoms. The first kappa shape index (κ1) is 19.5. The number of amides is 1. The molecule has 2 aromatic rings. The number of nitrogens with one attached hydrogen (secondary N) is 1. The number of carboxylic acids is 1. The van der Waals surface area contributed by atoms with Gasteiger partial charge in [0, 0.05) is 29.5 Å². The molecule has 1 heterocycles. The first-order valence-electron chi connectivity index (χ1n) is 8.58. The largest absolute Gasteiger partial charge is 0.550 e. The molecule has 0 fully saturated rings. The molecule has 7 heteroatoms. The lowest BCUT2D eigenvalue weighted by Crippen LogP contribution is -2.31. The molecule has 0 aliphatic rings. The summed E-state index contributed by atoms with van der Waals surface area (Å²) in [5, 5.41) is 13.7. The van der Waals surface area contributed by atoms with Crippen molar-refractivity contribution in [3.63, 3.8) is 0 Å². The van der Waals surface area contributed by atoms with Gasteiger partial charge in [0.05, 0.1) is 0 Å². The highest BCUT2D eigenvalue weighted by Gasteiger charge is 2.12. The Hall–Kier alpha value is -2.83. The molecule has 7 nitrogen and oxygen atoms in total. The van der Waals surface area contributed by atoms with Gasteiger partial charge < -0.3 is 24.4 Å². The Morgan fingerprint density at radius 3 is 2.77 bits per heavy atom. The minimum absolute atomic E-state index is 0.107. The number of fused-ring (bicyclic) bond motifs is 1. The highest BCUT2D eigenvalue weighted by Crippen LogP contribution is 2.28. The maximum Gasteiger partial charge on any atom is 0.336 e. The molecule has 0 atom stereocenters. The minimum atomic E-state index is -1.15. The predicted octanol–water partition coefficient (Wildman–Crippen LogP) is 1.08. The maximum absolute atomic E-state index is 11.8. The first-order valence-corrected chi connectivity index (χ1v) is 8.58. The van der Waals surface area contributed by atoms with Crippen LogP contribution in [-0.2, 0) is 16.0 Å². The van der Waals surface area contributed by atoms with E-state index in [9.17, 15) is 19.5 Å². The second-order valence-electron chi connectivity index (χ2n) is 6.02. The van der Waals surface area contributed by atoms with Crippen LogP contribution < -0.4 is 20.8 Å². The second kappa shape index (κ2) is 9.03. The van der Waals surface area contributed by atoms with Crippen LogP contribution in [0.2, 0.25) is 0 Å². The molecule has 0 radical (unpaired) electrons. The Bertz CT molecular complexity index is 855. The van der Waals surface area contributed by atoms with Crippen LogP contribution >= 0.6 is 0 Å². The topological polar surface area (TPSA) is 109 Å². The fourth-order valence-corrected chi connectivity index (χ4v) is 2.70. The number of carboxylic acid groups (broad SMARTS) is 1. The molecule has 1 aromatic carbocycles. The minimum Gasteiger partial charge on any atom is -0.550 e. The molecule has 1 N–H and O–H groups in total. The second-order valence-corrected chi connectivity index (χ2v) is 6.02. The molecule has 26 heavy (non-hydrogen) atoms. The summed E-state index contributed by atoms with van der Waals surface area (Å²) >= 11 is 0. The van der Waals surface area contributed by atoms with E-state index in [-0.39, 0.29) is 25.5 Å². The zero-order chi connectivity index (χ0) is 19.1. The van der Waals surface area contributed by atoms with Crippen LogP contribution in [0.25, 0.3) is 11.0 Å². The van der Waals surface area contributed by atoms with E-state index in [0.29, 0.717) is 23.3 Å². The van der Waals surface area contributed by atoms with Gasteiger partial charge in [-0.25, -0.2) is 4.79 Å². The Kier molecular flexibility index (Phi) is 6.77.